The fourth-order valence-electron chi connectivity index (χ4n) is 2.48. The largest absolute Gasteiger partial charge is 0.482 e. The summed E-state index contributed by atoms with van der Waals surface area (Å²) in [7, 11) is 0. The molecule has 0 bridgehead atoms. The summed E-state index contributed by atoms with van der Waals surface area (Å²) in [5.41, 5.74) is 7.57. The Bertz CT molecular complexity index is 719. The molecule has 0 radical (unpaired) electrons. The predicted octanol–water partition coefficient (Wildman–Crippen LogP) is 2.08. The lowest BCUT2D eigenvalue weighted by Gasteiger charge is -2.25. The average molecular weight is 340 g/mol. The number of aliphatic carboxylic acids is 1. The third kappa shape index (κ3) is 3.01. The van der Waals surface area contributed by atoms with Gasteiger partial charge in [-0.3, -0.25) is 0 Å². The van der Waals surface area contributed by atoms with Crippen LogP contribution in [0.5, 0.6) is 5.75 Å². The van der Waals surface area contributed by atoms with E-state index in [4.69, 9.17) is 27.2 Å². The van der Waals surface area contributed by atoms with Crippen LogP contribution in [0.25, 0.3) is 0 Å². The number of rotatable bonds is 4. The van der Waals surface area contributed by atoms with Crippen molar-refractivity contribution in [3.8, 4) is 5.75 Å². The Labute approximate surface area is 135 Å². The van der Waals surface area contributed by atoms with Gasteiger partial charge in [0.25, 0.3) is 0 Å². The normalized spacial score (nSPS) is 17.0. The van der Waals surface area contributed by atoms with Crippen LogP contribution in [-0.4, -0.2) is 29.2 Å². The molecule has 2 heterocycles. The number of nitrogens with one attached hydrogen (secondary N) is 1. The lowest BCUT2D eigenvalue weighted by Crippen LogP contribution is -2.30. The summed E-state index contributed by atoms with van der Waals surface area (Å²) >= 11 is 7.52. The second kappa shape index (κ2) is 6.12. The molecule has 0 saturated carbocycles. The number of benzene rings is 1. The van der Waals surface area contributed by atoms with Crippen molar-refractivity contribution >= 4 is 34.0 Å². The number of carboxylic acid groups (broad SMARTS) is 1. The zero-order chi connectivity index (χ0) is 15.7. The molecule has 116 valence electrons. The Hall–Kier alpha value is -1.83. The standard InChI is InChI=1S/C14H14ClN3O3S/c15-7-1-2-10(21-6-11(19)20)8(5-7)12-13-9(3-4-17-12)18-14(16)22-13/h1-2,5,12,17H,3-4,6H2,(H2,16,18)(H,19,20). The first-order chi connectivity index (χ1) is 10.5. The summed E-state index contributed by atoms with van der Waals surface area (Å²) in [4.78, 5) is 16.1. The number of aromatic nitrogens is 1. The Kier molecular flexibility index (Phi) is 4.19. The number of anilines is 1. The molecule has 1 atom stereocenters. The number of nitrogens with zero attached hydrogens (tertiary/aromatic N) is 1. The predicted molar refractivity (Wildman–Crippen MR) is 84.7 cm³/mol. The van der Waals surface area contributed by atoms with E-state index >= 15 is 0 Å². The Morgan fingerprint density at radius 1 is 1.59 bits per heavy atom. The molecule has 3 rings (SSSR count). The molecule has 1 aliphatic rings. The van der Waals surface area contributed by atoms with Gasteiger partial charge >= 0.3 is 5.97 Å². The third-order valence-electron chi connectivity index (χ3n) is 3.35. The van der Waals surface area contributed by atoms with Crippen molar-refractivity contribution in [1.29, 1.82) is 0 Å². The van der Waals surface area contributed by atoms with Crippen molar-refractivity contribution < 1.29 is 14.6 Å². The van der Waals surface area contributed by atoms with Crippen LogP contribution in [-0.2, 0) is 11.2 Å². The van der Waals surface area contributed by atoms with E-state index < -0.39 is 12.6 Å². The van der Waals surface area contributed by atoms with Gasteiger partial charge in [-0.15, -0.1) is 11.3 Å². The smallest absolute Gasteiger partial charge is 0.341 e. The molecule has 0 aliphatic carbocycles. The minimum Gasteiger partial charge on any atom is -0.482 e. The highest BCUT2D eigenvalue weighted by molar-refractivity contribution is 7.15. The number of nitrogens with two attached hydrogens (primary N) is 1. The summed E-state index contributed by atoms with van der Waals surface area (Å²) in [6, 6.07) is 4.98. The monoisotopic (exact) mass is 339 g/mol. The molecule has 6 nitrogen and oxygen atoms in total. The third-order valence-corrected chi connectivity index (χ3v) is 4.58. The highest BCUT2D eigenvalue weighted by Gasteiger charge is 2.27. The van der Waals surface area contributed by atoms with Crippen LogP contribution in [0.3, 0.4) is 0 Å². The van der Waals surface area contributed by atoms with Gasteiger partial charge in [-0.25, -0.2) is 9.78 Å². The van der Waals surface area contributed by atoms with Crippen molar-refractivity contribution in [2.45, 2.75) is 12.5 Å². The molecule has 1 unspecified atom stereocenters. The Morgan fingerprint density at radius 2 is 2.41 bits per heavy atom. The highest BCUT2D eigenvalue weighted by atomic mass is 35.5. The number of hydrogen-bond acceptors (Lipinski definition) is 6. The SMILES string of the molecule is Nc1nc2c(s1)C(c1cc(Cl)ccc1OCC(=O)O)NCC2. The first-order valence-electron chi connectivity index (χ1n) is 6.67. The van der Waals surface area contributed by atoms with Crippen molar-refractivity contribution in [1.82, 2.24) is 10.3 Å². The van der Waals surface area contributed by atoms with E-state index in [1.807, 2.05) is 0 Å². The number of halogens is 1. The van der Waals surface area contributed by atoms with Crippen LogP contribution in [0.4, 0.5) is 5.13 Å². The number of carbonyl (C=O) groups is 1. The summed E-state index contributed by atoms with van der Waals surface area (Å²) in [6.45, 7) is 0.352. The van der Waals surface area contributed by atoms with E-state index in [1.165, 1.54) is 11.3 Å². The van der Waals surface area contributed by atoms with E-state index in [9.17, 15) is 4.79 Å². The zero-order valence-electron chi connectivity index (χ0n) is 11.5. The number of hydrogen-bond donors (Lipinski definition) is 3. The van der Waals surface area contributed by atoms with E-state index in [-0.39, 0.29) is 6.04 Å². The lowest BCUT2D eigenvalue weighted by atomic mass is 9.99. The van der Waals surface area contributed by atoms with Crippen LogP contribution in [0.2, 0.25) is 5.02 Å². The van der Waals surface area contributed by atoms with Crippen molar-refractivity contribution in [3.63, 3.8) is 0 Å². The molecule has 1 aromatic heterocycles. The molecule has 0 saturated heterocycles. The van der Waals surface area contributed by atoms with E-state index in [2.05, 4.69) is 10.3 Å². The quantitative estimate of drug-likeness (QED) is 0.789. The summed E-state index contributed by atoms with van der Waals surface area (Å²) in [5.74, 6) is -0.538. The Balaban J connectivity index is 2.00. The van der Waals surface area contributed by atoms with Gasteiger partial charge in [0.1, 0.15) is 5.75 Å². The van der Waals surface area contributed by atoms with Gasteiger partial charge in [0.05, 0.1) is 16.6 Å². The molecular weight excluding hydrogens is 326 g/mol. The van der Waals surface area contributed by atoms with E-state index in [0.717, 1.165) is 29.1 Å². The maximum Gasteiger partial charge on any atom is 0.341 e. The first kappa shape index (κ1) is 15.1. The number of fused-ring (bicyclic) bond motifs is 1. The van der Waals surface area contributed by atoms with Gasteiger partial charge in [-0.1, -0.05) is 11.6 Å². The van der Waals surface area contributed by atoms with Gasteiger partial charge in [0.15, 0.2) is 11.7 Å². The maximum atomic E-state index is 10.7. The summed E-state index contributed by atoms with van der Waals surface area (Å²) in [5, 5.41) is 13.3. The number of thiazole rings is 1. The molecule has 0 fully saturated rings. The lowest BCUT2D eigenvalue weighted by molar-refractivity contribution is -0.139. The topological polar surface area (TPSA) is 97.5 Å². The molecule has 0 spiro atoms. The van der Waals surface area contributed by atoms with Gasteiger partial charge < -0.3 is 20.9 Å². The molecule has 22 heavy (non-hydrogen) atoms. The van der Waals surface area contributed by atoms with Crippen LogP contribution >= 0.6 is 22.9 Å². The molecular formula is C14H14ClN3O3S. The van der Waals surface area contributed by atoms with Crippen LogP contribution in [0.1, 0.15) is 22.2 Å². The highest BCUT2D eigenvalue weighted by Crippen LogP contribution is 2.39. The van der Waals surface area contributed by atoms with Crippen molar-refractivity contribution in [3.05, 3.63) is 39.4 Å². The second-order valence-corrected chi connectivity index (χ2v) is 6.36. The fourth-order valence-corrected chi connectivity index (χ4v) is 3.64. The first-order valence-corrected chi connectivity index (χ1v) is 7.86. The Morgan fingerprint density at radius 3 is 3.18 bits per heavy atom. The minimum absolute atomic E-state index is 0.152. The number of ether oxygens (including phenoxy) is 1. The molecule has 0 amide bonds. The van der Waals surface area contributed by atoms with E-state index in [1.54, 1.807) is 18.2 Å². The molecule has 1 aliphatic heterocycles. The van der Waals surface area contributed by atoms with Gasteiger partial charge in [-0.2, -0.15) is 0 Å². The summed E-state index contributed by atoms with van der Waals surface area (Å²) < 4.78 is 5.38. The molecule has 4 N–H and O–H groups in total. The van der Waals surface area contributed by atoms with Crippen LogP contribution < -0.4 is 15.8 Å². The van der Waals surface area contributed by atoms with Gasteiger partial charge in [0.2, 0.25) is 0 Å². The number of nitrogen functional groups attached to an aromatic ring is 1. The molecule has 1 aromatic carbocycles. The van der Waals surface area contributed by atoms with Crippen LogP contribution in [0.15, 0.2) is 18.2 Å². The zero-order valence-corrected chi connectivity index (χ0v) is 13.1. The van der Waals surface area contributed by atoms with E-state index in [0.29, 0.717) is 15.9 Å². The van der Waals surface area contributed by atoms with Crippen molar-refractivity contribution in [2.75, 3.05) is 18.9 Å². The minimum atomic E-state index is -1.03. The van der Waals surface area contributed by atoms with Crippen LogP contribution in [0, 0.1) is 0 Å². The maximum absolute atomic E-state index is 10.7. The average Bonchev–Trinajstić information content (AvgIpc) is 2.85. The van der Waals surface area contributed by atoms with Gasteiger partial charge in [0, 0.05) is 23.6 Å². The van der Waals surface area contributed by atoms with Crippen molar-refractivity contribution in [2.24, 2.45) is 0 Å². The number of carboxylic acids is 1. The van der Waals surface area contributed by atoms with Gasteiger partial charge in [-0.05, 0) is 18.2 Å². The molecule has 8 heteroatoms. The summed E-state index contributed by atoms with van der Waals surface area (Å²) in [6.07, 6.45) is 0.811. The molecule has 2 aromatic rings. The fraction of sp³-hybridized carbons (Fsp3) is 0.286. The second-order valence-electron chi connectivity index (χ2n) is 4.86.